The van der Waals surface area contributed by atoms with E-state index >= 15 is 0 Å². The fraction of sp³-hybridized carbons (Fsp3) is 0.241. The summed E-state index contributed by atoms with van der Waals surface area (Å²) in [6, 6.07) is 25.4. The van der Waals surface area contributed by atoms with Crippen LogP contribution in [0.15, 0.2) is 85.1 Å². The van der Waals surface area contributed by atoms with Gasteiger partial charge in [0.05, 0.1) is 0 Å². The number of aromatic nitrogens is 1. The second-order valence-electron chi connectivity index (χ2n) is 8.91. The third kappa shape index (κ3) is 5.97. The van der Waals surface area contributed by atoms with Crippen LogP contribution in [0.4, 0.5) is 0 Å². The molecule has 35 heavy (non-hydrogen) atoms. The molecule has 0 saturated carbocycles. The summed E-state index contributed by atoms with van der Waals surface area (Å²) < 4.78 is 0. The van der Waals surface area contributed by atoms with Crippen molar-refractivity contribution in [2.45, 2.75) is 31.8 Å². The summed E-state index contributed by atoms with van der Waals surface area (Å²) in [7, 11) is 1.77. The summed E-state index contributed by atoms with van der Waals surface area (Å²) >= 11 is 0. The van der Waals surface area contributed by atoms with E-state index in [0.29, 0.717) is 19.4 Å². The lowest BCUT2D eigenvalue weighted by Gasteiger charge is -2.29. The van der Waals surface area contributed by atoms with Crippen LogP contribution in [0.25, 0.3) is 22.0 Å². The van der Waals surface area contributed by atoms with Gasteiger partial charge >= 0.3 is 5.97 Å². The first-order chi connectivity index (χ1) is 16.9. The first kappa shape index (κ1) is 24.2. The number of nitrogens with zero attached hydrogens (tertiary/aromatic N) is 1. The number of fused-ring (bicyclic) bond motifs is 1. The maximum atomic E-state index is 12.2. The topological polar surface area (TPSA) is 85.4 Å². The number of likely N-dealkylation sites (N-methyl/N-ethyl adjacent to an activating group) is 1. The number of amides is 1. The minimum Gasteiger partial charge on any atom is -0.480 e. The minimum absolute atomic E-state index is 0.0544. The van der Waals surface area contributed by atoms with Gasteiger partial charge in [-0.15, -0.1) is 0 Å². The second-order valence-corrected chi connectivity index (χ2v) is 8.91. The van der Waals surface area contributed by atoms with Gasteiger partial charge in [0.25, 0.3) is 0 Å². The molecule has 0 saturated heterocycles. The van der Waals surface area contributed by atoms with Crippen LogP contribution in [0.1, 0.15) is 18.1 Å². The third-order valence-electron chi connectivity index (χ3n) is 6.57. The number of aliphatic carboxylic acids is 1. The van der Waals surface area contributed by atoms with Crippen molar-refractivity contribution in [3.63, 3.8) is 0 Å². The molecule has 2 atom stereocenters. The van der Waals surface area contributed by atoms with E-state index in [1.807, 2.05) is 48.7 Å². The lowest BCUT2D eigenvalue weighted by atomic mass is 9.99. The lowest BCUT2D eigenvalue weighted by molar-refractivity contribution is -0.139. The largest absolute Gasteiger partial charge is 0.480 e. The van der Waals surface area contributed by atoms with Gasteiger partial charge in [-0.25, -0.2) is 0 Å². The van der Waals surface area contributed by atoms with E-state index in [9.17, 15) is 14.7 Å². The third-order valence-corrected chi connectivity index (χ3v) is 6.57. The molecule has 0 aliphatic rings. The van der Waals surface area contributed by atoms with Crippen LogP contribution in [0.2, 0.25) is 0 Å². The molecule has 1 heterocycles. The average molecular weight is 470 g/mol. The van der Waals surface area contributed by atoms with Crippen LogP contribution < -0.4 is 5.32 Å². The summed E-state index contributed by atoms with van der Waals surface area (Å²) in [5, 5.41) is 14.1. The monoisotopic (exact) mass is 469 g/mol. The molecule has 3 aromatic carbocycles. The van der Waals surface area contributed by atoms with Crippen LogP contribution in [0.5, 0.6) is 0 Å². The standard InChI is InChI=1S/C29H31N3O3/c1-20(33)32(2)25(16-21-12-14-23(15-13-21)22-8-4-3-5-9-22)19-31-28(29(34)35)17-24-18-30-27-11-7-6-10-26(24)27/h3-15,18,25,28,30-31H,16-17,19H2,1-2H3,(H,34,35)/t25-,28-/m0/s1. The molecule has 0 aliphatic heterocycles. The second kappa shape index (κ2) is 11.0. The number of carboxylic acid groups (broad SMARTS) is 1. The number of nitrogens with one attached hydrogen (secondary N) is 2. The van der Waals surface area contributed by atoms with Crippen LogP contribution in [-0.2, 0) is 22.4 Å². The molecule has 180 valence electrons. The highest BCUT2D eigenvalue weighted by molar-refractivity contribution is 5.84. The van der Waals surface area contributed by atoms with Gasteiger partial charge in [-0.2, -0.15) is 0 Å². The molecule has 0 unspecified atom stereocenters. The summed E-state index contributed by atoms with van der Waals surface area (Å²) in [6.45, 7) is 1.90. The van der Waals surface area contributed by atoms with Crippen molar-refractivity contribution < 1.29 is 14.7 Å². The quantitative estimate of drug-likeness (QED) is 0.319. The summed E-state index contributed by atoms with van der Waals surface area (Å²) in [4.78, 5) is 29.1. The number of para-hydroxylation sites is 1. The molecular formula is C29H31N3O3. The molecule has 1 amide bonds. The van der Waals surface area contributed by atoms with E-state index in [-0.39, 0.29) is 11.9 Å². The molecule has 0 radical (unpaired) electrons. The van der Waals surface area contributed by atoms with Gasteiger partial charge in [0.2, 0.25) is 5.91 Å². The van der Waals surface area contributed by atoms with E-state index in [1.54, 1.807) is 11.9 Å². The Labute approximate surface area is 205 Å². The number of carbonyl (C=O) groups excluding carboxylic acids is 1. The zero-order valence-electron chi connectivity index (χ0n) is 20.1. The zero-order chi connectivity index (χ0) is 24.8. The molecule has 1 aromatic heterocycles. The molecule has 3 N–H and O–H groups in total. The van der Waals surface area contributed by atoms with Crippen LogP contribution in [-0.4, -0.2) is 52.5 Å². The Bertz CT molecular complexity index is 1280. The van der Waals surface area contributed by atoms with Gasteiger partial charge < -0.3 is 20.3 Å². The number of H-pyrrole nitrogens is 1. The number of carbonyl (C=O) groups is 2. The Morgan fingerprint density at radius 1 is 0.914 bits per heavy atom. The van der Waals surface area contributed by atoms with E-state index in [0.717, 1.165) is 33.2 Å². The Kier molecular flexibility index (Phi) is 7.63. The molecule has 6 heteroatoms. The van der Waals surface area contributed by atoms with Crippen molar-refractivity contribution in [2.75, 3.05) is 13.6 Å². The molecule has 4 aromatic rings. The van der Waals surface area contributed by atoms with Crippen molar-refractivity contribution in [1.29, 1.82) is 0 Å². The zero-order valence-corrected chi connectivity index (χ0v) is 20.1. The first-order valence-electron chi connectivity index (χ1n) is 11.8. The molecule has 0 fully saturated rings. The number of rotatable bonds is 10. The van der Waals surface area contributed by atoms with Gasteiger partial charge in [-0.05, 0) is 34.7 Å². The molecule has 0 spiro atoms. The fourth-order valence-corrected chi connectivity index (χ4v) is 4.38. The maximum absolute atomic E-state index is 12.2. The SMILES string of the molecule is CC(=O)N(C)[C@H](CN[C@@H](Cc1c[nH]c2ccccc12)C(=O)O)Cc1ccc(-c2ccccc2)cc1. The summed E-state index contributed by atoms with van der Waals surface area (Å²) in [5.74, 6) is -0.965. The van der Waals surface area contributed by atoms with E-state index in [4.69, 9.17) is 0 Å². The van der Waals surface area contributed by atoms with Crippen molar-refractivity contribution in [3.8, 4) is 11.1 Å². The summed E-state index contributed by atoms with van der Waals surface area (Å²) in [6.07, 6.45) is 2.84. The van der Waals surface area contributed by atoms with E-state index in [2.05, 4.69) is 46.7 Å². The maximum Gasteiger partial charge on any atom is 0.321 e. The number of benzene rings is 3. The Morgan fingerprint density at radius 2 is 1.57 bits per heavy atom. The van der Waals surface area contributed by atoms with Crippen molar-refractivity contribution >= 4 is 22.8 Å². The van der Waals surface area contributed by atoms with Crippen LogP contribution >= 0.6 is 0 Å². The smallest absolute Gasteiger partial charge is 0.321 e. The van der Waals surface area contributed by atoms with Gasteiger partial charge in [-0.1, -0.05) is 72.8 Å². The predicted octanol–water partition coefficient (Wildman–Crippen LogP) is 4.51. The summed E-state index contributed by atoms with van der Waals surface area (Å²) in [5.41, 5.74) is 5.31. The van der Waals surface area contributed by atoms with Crippen molar-refractivity contribution in [2.24, 2.45) is 0 Å². The van der Waals surface area contributed by atoms with Crippen molar-refractivity contribution in [3.05, 3.63) is 96.2 Å². The lowest BCUT2D eigenvalue weighted by Crippen LogP contribution is -2.49. The van der Waals surface area contributed by atoms with Gasteiger partial charge in [0.1, 0.15) is 6.04 Å². The molecule has 0 aliphatic carbocycles. The van der Waals surface area contributed by atoms with Crippen LogP contribution in [0, 0.1) is 0 Å². The van der Waals surface area contributed by atoms with E-state index in [1.165, 1.54) is 6.92 Å². The number of carboxylic acids is 1. The molecule has 4 rings (SSSR count). The Hall–Kier alpha value is -3.90. The highest BCUT2D eigenvalue weighted by Crippen LogP contribution is 2.21. The van der Waals surface area contributed by atoms with Crippen LogP contribution in [0.3, 0.4) is 0 Å². The highest BCUT2D eigenvalue weighted by Gasteiger charge is 2.24. The number of hydrogen-bond acceptors (Lipinski definition) is 3. The van der Waals surface area contributed by atoms with Gasteiger partial charge in [-0.3, -0.25) is 9.59 Å². The van der Waals surface area contributed by atoms with E-state index < -0.39 is 12.0 Å². The molecule has 0 bridgehead atoms. The Balaban J connectivity index is 1.46. The Morgan fingerprint density at radius 3 is 2.26 bits per heavy atom. The fourth-order valence-electron chi connectivity index (χ4n) is 4.38. The normalized spacial score (nSPS) is 12.9. The van der Waals surface area contributed by atoms with Gasteiger partial charge in [0, 0.05) is 50.1 Å². The first-order valence-corrected chi connectivity index (χ1v) is 11.8. The number of hydrogen-bond donors (Lipinski definition) is 3. The van der Waals surface area contributed by atoms with Gasteiger partial charge in [0.15, 0.2) is 0 Å². The highest BCUT2D eigenvalue weighted by atomic mass is 16.4. The average Bonchev–Trinajstić information content (AvgIpc) is 3.28. The molecule has 6 nitrogen and oxygen atoms in total. The predicted molar refractivity (Wildman–Crippen MR) is 139 cm³/mol. The molecular weight excluding hydrogens is 438 g/mol. The minimum atomic E-state index is -0.910. The number of aromatic amines is 1. The van der Waals surface area contributed by atoms with Crippen molar-refractivity contribution in [1.82, 2.24) is 15.2 Å².